The van der Waals surface area contributed by atoms with Crippen LogP contribution in [0, 0.1) is 6.92 Å². The molecule has 4 aromatic rings. The highest BCUT2D eigenvalue weighted by Gasteiger charge is 2.23. The molecule has 0 atom stereocenters. The summed E-state index contributed by atoms with van der Waals surface area (Å²) in [7, 11) is 4.57. The first kappa shape index (κ1) is 20.3. The summed E-state index contributed by atoms with van der Waals surface area (Å²) in [4.78, 5) is 13.6. The molecule has 0 saturated heterocycles. The summed E-state index contributed by atoms with van der Waals surface area (Å²) in [5.74, 6) is 1.70. The predicted octanol–water partition coefficient (Wildman–Crippen LogP) is 5.30. The summed E-state index contributed by atoms with van der Waals surface area (Å²) in [5, 5.41) is 0. The molecule has 0 unspecified atom stereocenters. The number of carbonyl (C=O) groups is 1. The molecule has 2 aromatic carbocycles. The standard InChI is InChI=1S/C25H23NO5/c1-16-7-9-18(10-8-16)26-14-19(21-6-5-11-31-21)20(15-26)24(27)17-12-22(28-2)25(30-4)23(13-17)29-3/h5-15H,1-4H3. The van der Waals surface area contributed by atoms with E-state index in [1.165, 1.54) is 21.3 Å². The number of carbonyl (C=O) groups excluding carboxylic acids is 1. The van der Waals surface area contributed by atoms with Crippen LogP contribution >= 0.6 is 0 Å². The Balaban J connectivity index is 1.85. The maximum absolute atomic E-state index is 13.6. The summed E-state index contributed by atoms with van der Waals surface area (Å²) in [6.45, 7) is 2.03. The largest absolute Gasteiger partial charge is 0.493 e. The van der Waals surface area contributed by atoms with E-state index in [4.69, 9.17) is 18.6 Å². The lowest BCUT2D eigenvalue weighted by molar-refractivity contribution is 0.103. The van der Waals surface area contributed by atoms with Crippen LogP contribution in [-0.4, -0.2) is 31.7 Å². The molecule has 6 nitrogen and oxygen atoms in total. The molecular weight excluding hydrogens is 394 g/mol. The fraction of sp³-hybridized carbons (Fsp3) is 0.160. The number of furan rings is 1. The summed E-state index contributed by atoms with van der Waals surface area (Å²) >= 11 is 0. The molecule has 0 spiro atoms. The van der Waals surface area contributed by atoms with Gasteiger partial charge in [0.25, 0.3) is 0 Å². The molecule has 158 valence electrons. The first-order chi connectivity index (χ1) is 15.0. The molecule has 31 heavy (non-hydrogen) atoms. The number of aromatic nitrogens is 1. The first-order valence-electron chi connectivity index (χ1n) is 9.73. The molecule has 6 heteroatoms. The summed E-state index contributed by atoms with van der Waals surface area (Å²) < 4.78 is 23.7. The van der Waals surface area contributed by atoms with Crippen molar-refractivity contribution in [2.24, 2.45) is 0 Å². The number of hydrogen-bond donors (Lipinski definition) is 0. The minimum absolute atomic E-state index is 0.184. The van der Waals surface area contributed by atoms with Crippen molar-refractivity contribution in [2.45, 2.75) is 6.92 Å². The second-order valence-corrected chi connectivity index (χ2v) is 7.05. The van der Waals surface area contributed by atoms with Crippen LogP contribution in [0.15, 0.2) is 71.6 Å². The number of rotatable bonds is 7. The van der Waals surface area contributed by atoms with Crippen molar-refractivity contribution in [1.82, 2.24) is 4.57 Å². The molecule has 0 N–H and O–H groups in total. The Morgan fingerprint density at radius 1 is 0.903 bits per heavy atom. The molecule has 0 saturated carbocycles. The predicted molar refractivity (Wildman–Crippen MR) is 118 cm³/mol. The highest BCUT2D eigenvalue weighted by atomic mass is 16.5. The third-order valence-electron chi connectivity index (χ3n) is 5.12. The van der Waals surface area contributed by atoms with E-state index in [1.54, 1.807) is 24.5 Å². The SMILES string of the molecule is COc1cc(C(=O)c2cn(-c3ccc(C)cc3)cc2-c2ccco2)cc(OC)c1OC. The molecular formula is C25H23NO5. The van der Waals surface area contributed by atoms with E-state index in [2.05, 4.69) is 0 Å². The number of hydrogen-bond acceptors (Lipinski definition) is 5. The minimum Gasteiger partial charge on any atom is -0.493 e. The van der Waals surface area contributed by atoms with E-state index in [1.807, 2.05) is 54.2 Å². The van der Waals surface area contributed by atoms with Gasteiger partial charge in [0.05, 0.1) is 33.2 Å². The van der Waals surface area contributed by atoms with Crippen molar-refractivity contribution in [3.8, 4) is 34.3 Å². The van der Waals surface area contributed by atoms with Gasteiger partial charge in [0.15, 0.2) is 17.3 Å². The Kier molecular flexibility index (Phi) is 5.54. The van der Waals surface area contributed by atoms with Crippen molar-refractivity contribution < 1.29 is 23.4 Å². The molecule has 0 bridgehead atoms. The molecule has 0 aliphatic heterocycles. The summed E-state index contributed by atoms with van der Waals surface area (Å²) in [5.41, 5.74) is 3.73. The monoisotopic (exact) mass is 417 g/mol. The van der Waals surface area contributed by atoms with Crippen LogP contribution in [0.1, 0.15) is 21.5 Å². The smallest absolute Gasteiger partial charge is 0.203 e. The third-order valence-corrected chi connectivity index (χ3v) is 5.12. The van der Waals surface area contributed by atoms with E-state index in [-0.39, 0.29) is 5.78 Å². The second-order valence-electron chi connectivity index (χ2n) is 7.05. The molecule has 4 rings (SSSR count). The van der Waals surface area contributed by atoms with Gasteiger partial charge < -0.3 is 23.2 Å². The van der Waals surface area contributed by atoms with Crippen molar-refractivity contribution in [3.63, 3.8) is 0 Å². The Morgan fingerprint density at radius 2 is 1.58 bits per heavy atom. The number of aryl methyl sites for hydroxylation is 1. The molecule has 2 heterocycles. The second kappa shape index (κ2) is 8.44. The van der Waals surface area contributed by atoms with Gasteiger partial charge in [-0.2, -0.15) is 0 Å². The van der Waals surface area contributed by atoms with E-state index in [0.717, 1.165) is 11.3 Å². The number of methoxy groups -OCH3 is 3. The van der Waals surface area contributed by atoms with Crippen LogP contribution in [0.2, 0.25) is 0 Å². The van der Waals surface area contributed by atoms with E-state index in [9.17, 15) is 4.79 Å². The number of benzene rings is 2. The third kappa shape index (κ3) is 3.80. The van der Waals surface area contributed by atoms with Crippen molar-refractivity contribution >= 4 is 5.78 Å². The van der Waals surface area contributed by atoms with Crippen molar-refractivity contribution in [3.05, 3.63) is 83.9 Å². The highest BCUT2D eigenvalue weighted by molar-refractivity contribution is 6.13. The quantitative estimate of drug-likeness (QED) is 0.382. The lowest BCUT2D eigenvalue weighted by atomic mass is 10.0. The van der Waals surface area contributed by atoms with E-state index in [0.29, 0.717) is 39.7 Å². The van der Waals surface area contributed by atoms with Crippen LogP contribution in [0.25, 0.3) is 17.0 Å². The average Bonchev–Trinajstić information content (AvgIpc) is 3.48. The lowest BCUT2D eigenvalue weighted by Gasteiger charge is -2.13. The average molecular weight is 417 g/mol. The van der Waals surface area contributed by atoms with Gasteiger partial charge in [-0.15, -0.1) is 0 Å². The highest BCUT2D eigenvalue weighted by Crippen LogP contribution is 2.39. The summed E-state index contributed by atoms with van der Waals surface area (Å²) in [6.07, 6.45) is 5.30. The van der Waals surface area contributed by atoms with Crippen LogP contribution in [0.3, 0.4) is 0 Å². The van der Waals surface area contributed by atoms with Gasteiger partial charge in [-0.05, 0) is 43.3 Å². The molecule has 2 aromatic heterocycles. The lowest BCUT2D eigenvalue weighted by Crippen LogP contribution is -2.04. The fourth-order valence-corrected chi connectivity index (χ4v) is 3.50. The van der Waals surface area contributed by atoms with Gasteiger partial charge in [0.2, 0.25) is 5.75 Å². The molecule has 0 aliphatic rings. The Bertz CT molecular complexity index is 1180. The number of ether oxygens (including phenoxy) is 3. The molecule has 0 fully saturated rings. The van der Waals surface area contributed by atoms with Crippen molar-refractivity contribution in [2.75, 3.05) is 21.3 Å². The zero-order chi connectivity index (χ0) is 22.0. The first-order valence-corrected chi connectivity index (χ1v) is 9.73. The molecule has 0 aliphatic carbocycles. The van der Waals surface area contributed by atoms with Crippen LogP contribution < -0.4 is 14.2 Å². The molecule has 0 radical (unpaired) electrons. The van der Waals surface area contributed by atoms with Gasteiger partial charge in [0, 0.05) is 29.2 Å². The normalized spacial score (nSPS) is 10.7. The molecule has 0 amide bonds. The van der Waals surface area contributed by atoms with Crippen molar-refractivity contribution in [1.29, 1.82) is 0 Å². The maximum atomic E-state index is 13.6. The van der Waals surface area contributed by atoms with E-state index < -0.39 is 0 Å². The van der Waals surface area contributed by atoms with Crippen LogP contribution in [0.4, 0.5) is 0 Å². The van der Waals surface area contributed by atoms with Gasteiger partial charge in [0.1, 0.15) is 5.76 Å². The minimum atomic E-state index is -0.184. The van der Waals surface area contributed by atoms with Crippen LogP contribution in [0.5, 0.6) is 17.2 Å². The van der Waals surface area contributed by atoms with Gasteiger partial charge in [-0.3, -0.25) is 4.79 Å². The zero-order valence-corrected chi connectivity index (χ0v) is 17.8. The fourth-order valence-electron chi connectivity index (χ4n) is 3.50. The Labute approximate surface area is 180 Å². The van der Waals surface area contributed by atoms with Crippen LogP contribution in [-0.2, 0) is 0 Å². The zero-order valence-electron chi connectivity index (χ0n) is 17.8. The number of nitrogens with zero attached hydrogens (tertiary/aromatic N) is 1. The number of ketones is 1. The Hall–Kier alpha value is -3.93. The summed E-state index contributed by atoms with van der Waals surface area (Å²) in [6, 6.07) is 15.0. The van der Waals surface area contributed by atoms with Gasteiger partial charge in [-0.1, -0.05) is 17.7 Å². The van der Waals surface area contributed by atoms with Gasteiger partial charge in [-0.25, -0.2) is 0 Å². The van der Waals surface area contributed by atoms with E-state index >= 15 is 0 Å². The maximum Gasteiger partial charge on any atom is 0.203 e. The topological polar surface area (TPSA) is 62.8 Å². The Morgan fingerprint density at radius 3 is 2.13 bits per heavy atom. The van der Waals surface area contributed by atoms with Gasteiger partial charge >= 0.3 is 0 Å².